The molecule has 0 bridgehead atoms. The summed E-state index contributed by atoms with van der Waals surface area (Å²) in [5.74, 6) is 0.340. The molecule has 6 nitrogen and oxygen atoms in total. The number of ketones is 1. The van der Waals surface area contributed by atoms with E-state index in [0.717, 1.165) is 17.7 Å². The third-order valence-electron chi connectivity index (χ3n) is 5.90. The van der Waals surface area contributed by atoms with E-state index in [1.165, 1.54) is 28.5 Å². The number of benzene rings is 2. The Labute approximate surface area is 209 Å². The van der Waals surface area contributed by atoms with Crippen LogP contribution in [-0.4, -0.2) is 38.2 Å². The van der Waals surface area contributed by atoms with Gasteiger partial charge in [0.15, 0.2) is 11.4 Å². The molecule has 0 saturated heterocycles. The van der Waals surface area contributed by atoms with E-state index in [4.69, 9.17) is 0 Å². The van der Waals surface area contributed by atoms with Crippen LogP contribution in [0.1, 0.15) is 36.0 Å². The summed E-state index contributed by atoms with van der Waals surface area (Å²) >= 11 is 1.36. The first kappa shape index (κ1) is 24.2. The van der Waals surface area contributed by atoms with Crippen molar-refractivity contribution in [2.24, 2.45) is 5.92 Å². The third-order valence-corrected chi connectivity index (χ3v) is 6.82. The van der Waals surface area contributed by atoms with Gasteiger partial charge in [0.1, 0.15) is 10.8 Å². The Morgan fingerprint density at radius 3 is 2.61 bits per heavy atom. The second-order valence-electron chi connectivity index (χ2n) is 8.78. The largest absolute Gasteiger partial charge is 0.507 e. The average molecular weight is 513 g/mol. The smallest absolute Gasteiger partial charge is 0.390 e. The minimum atomic E-state index is -4.29. The Hall–Kier alpha value is -3.53. The molecule has 2 heterocycles. The van der Waals surface area contributed by atoms with Crippen molar-refractivity contribution in [1.29, 1.82) is 0 Å². The minimum Gasteiger partial charge on any atom is -0.507 e. The lowest BCUT2D eigenvalue weighted by atomic mass is 10.0. The predicted molar refractivity (Wildman–Crippen MR) is 131 cm³/mol. The number of rotatable bonds is 9. The van der Waals surface area contributed by atoms with Gasteiger partial charge in [-0.15, -0.1) is 0 Å². The monoisotopic (exact) mass is 512 g/mol. The molecule has 36 heavy (non-hydrogen) atoms. The van der Waals surface area contributed by atoms with Gasteiger partial charge in [-0.05, 0) is 49.1 Å². The van der Waals surface area contributed by atoms with Gasteiger partial charge in [0.25, 0.3) is 0 Å². The number of imidazole rings is 1. The van der Waals surface area contributed by atoms with Gasteiger partial charge in [0.2, 0.25) is 0 Å². The number of Topliss-reactive ketones (excluding diaryl/α,β-unsaturated/α-hetero) is 1. The second kappa shape index (κ2) is 9.85. The molecule has 1 saturated carbocycles. The van der Waals surface area contributed by atoms with Crippen molar-refractivity contribution in [1.82, 2.24) is 14.6 Å². The molecule has 10 heteroatoms. The van der Waals surface area contributed by atoms with Crippen LogP contribution in [0.2, 0.25) is 0 Å². The summed E-state index contributed by atoms with van der Waals surface area (Å²) in [5, 5.41) is 18.8. The molecule has 2 aromatic heterocycles. The highest BCUT2D eigenvalue weighted by atomic mass is 32.2. The van der Waals surface area contributed by atoms with Gasteiger partial charge < -0.3 is 10.4 Å². The first-order valence-electron chi connectivity index (χ1n) is 11.6. The standard InChI is InChI=1S/C26H23F3N4O2S/c27-26(28,29)10-11-30-20-14-24(36-18-4-2-1-3-5-18)32-33-21(15-31-25(20)33)19-9-8-17(13-23(19)35)22(34)12-16-6-7-16/h1-5,8-9,13-16,30,35H,6-7,10-12H2. The number of nitrogens with zero attached hydrogens (tertiary/aromatic N) is 3. The summed E-state index contributed by atoms with van der Waals surface area (Å²) in [6.45, 7) is -0.316. The number of anilines is 1. The lowest BCUT2D eigenvalue weighted by molar-refractivity contribution is -0.131. The molecule has 5 rings (SSSR count). The first-order chi connectivity index (χ1) is 17.3. The highest BCUT2D eigenvalue weighted by molar-refractivity contribution is 7.99. The maximum absolute atomic E-state index is 12.7. The molecule has 2 N–H and O–H groups in total. The van der Waals surface area contributed by atoms with E-state index < -0.39 is 12.6 Å². The van der Waals surface area contributed by atoms with Crippen molar-refractivity contribution in [3.63, 3.8) is 0 Å². The summed E-state index contributed by atoms with van der Waals surface area (Å²) in [6, 6.07) is 15.9. The normalized spacial score (nSPS) is 13.8. The fourth-order valence-electron chi connectivity index (χ4n) is 3.88. The van der Waals surface area contributed by atoms with Crippen LogP contribution in [0.15, 0.2) is 70.7 Å². The molecule has 2 aromatic carbocycles. The van der Waals surface area contributed by atoms with Gasteiger partial charge in [-0.25, -0.2) is 9.50 Å². The van der Waals surface area contributed by atoms with Crippen molar-refractivity contribution in [3.8, 4) is 17.0 Å². The molecule has 0 aliphatic heterocycles. The number of hydrogen-bond acceptors (Lipinski definition) is 6. The number of aromatic hydroxyl groups is 1. The molecule has 0 amide bonds. The topological polar surface area (TPSA) is 79.5 Å². The number of carbonyl (C=O) groups is 1. The predicted octanol–water partition coefficient (Wildman–Crippen LogP) is 6.60. The van der Waals surface area contributed by atoms with E-state index in [9.17, 15) is 23.1 Å². The van der Waals surface area contributed by atoms with E-state index in [-0.39, 0.29) is 18.1 Å². The van der Waals surface area contributed by atoms with Crippen LogP contribution in [-0.2, 0) is 0 Å². The number of phenolic OH excluding ortho intramolecular Hbond substituents is 1. The molecule has 1 fully saturated rings. The van der Waals surface area contributed by atoms with Crippen molar-refractivity contribution in [2.45, 2.75) is 41.8 Å². The molecule has 0 atom stereocenters. The van der Waals surface area contributed by atoms with Crippen LogP contribution in [0.25, 0.3) is 16.9 Å². The van der Waals surface area contributed by atoms with E-state index in [2.05, 4.69) is 15.4 Å². The van der Waals surface area contributed by atoms with Crippen molar-refractivity contribution in [2.75, 3.05) is 11.9 Å². The number of fused-ring (bicyclic) bond motifs is 1. The number of nitrogens with one attached hydrogen (secondary N) is 1. The van der Waals surface area contributed by atoms with Gasteiger partial charge in [-0.1, -0.05) is 36.0 Å². The summed E-state index contributed by atoms with van der Waals surface area (Å²) in [5.41, 5.74) is 2.05. The Morgan fingerprint density at radius 2 is 1.92 bits per heavy atom. The molecule has 1 aliphatic carbocycles. The average Bonchev–Trinajstić information content (AvgIpc) is 3.55. The number of carbonyl (C=O) groups excluding carboxylic acids is 1. The zero-order valence-electron chi connectivity index (χ0n) is 19.1. The fraction of sp³-hybridized carbons (Fsp3) is 0.269. The van der Waals surface area contributed by atoms with Gasteiger partial charge in [0, 0.05) is 29.0 Å². The SMILES string of the molecule is O=C(CC1CC1)c1ccc(-c2cnc3c(NCCC(F)(F)F)cc(Sc4ccccc4)nn23)c(O)c1. The Bertz CT molecular complexity index is 1400. The van der Waals surface area contributed by atoms with Crippen molar-refractivity contribution >= 4 is 28.9 Å². The summed E-state index contributed by atoms with van der Waals surface area (Å²) in [4.78, 5) is 17.7. The van der Waals surface area contributed by atoms with E-state index in [0.29, 0.717) is 45.5 Å². The zero-order chi connectivity index (χ0) is 25.3. The maximum atomic E-state index is 12.7. The molecule has 186 valence electrons. The molecule has 0 unspecified atom stereocenters. The van der Waals surface area contributed by atoms with Gasteiger partial charge in [-0.2, -0.15) is 18.3 Å². The van der Waals surface area contributed by atoms with Crippen LogP contribution in [0.5, 0.6) is 5.75 Å². The fourth-order valence-corrected chi connectivity index (χ4v) is 4.72. The van der Waals surface area contributed by atoms with Gasteiger partial charge >= 0.3 is 6.18 Å². The summed E-state index contributed by atoms with van der Waals surface area (Å²) in [6.07, 6.45) is -1.17. The number of alkyl halides is 3. The van der Waals surface area contributed by atoms with E-state index in [1.807, 2.05) is 30.3 Å². The number of aromatic nitrogens is 3. The first-order valence-corrected chi connectivity index (χ1v) is 12.4. The molecule has 4 aromatic rings. The minimum absolute atomic E-state index is 0.00619. The summed E-state index contributed by atoms with van der Waals surface area (Å²) < 4.78 is 39.7. The van der Waals surface area contributed by atoms with Gasteiger partial charge in [0.05, 0.1) is 24.0 Å². The molecular formula is C26H23F3N4O2S. The molecule has 1 aliphatic rings. The second-order valence-corrected chi connectivity index (χ2v) is 9.88. The lowest BCUT2D eigenvalue weighted by Gasteiger charge is -2.12. The number of hydrogen-bond donors (Lipinski definition) is 2. The number of phenols is 1. The Kier molecular flexibility index (Phi) is 6.61. The molecule has 0 radical (unpaired) electrons. The third kappa shape index (κ3) is 5.64. The van der Waals surface area contributed by atoms with Gasteiger partial charge in [-0.3, -0.25) is 4.79 Å². The van der Waals surface area contributed by atoms with E-state index >= 15 is 0 Å². The van der Waals surface area contributed by atoms with Crippen LogP contribution in [0.4, 0.5) is 18.9 Å². The zero-order valence-corrected chi connectivity index (χ0v) is 19.9. The quantitative estimate of drug-likeness (QED) is 0.246. The highest BCUT2D eigenvalue weighted by Crippen LogP contribution is 2.36. The Morgan fingerprint density at radius 1 is 1.14 bits per heavy atom. The Balaban J connectivity index is 1.51. The summed E-state index contributed by atoms with van der Waals surface area (Å²) in [7, 11) is 0. The van der Waals surface area contributed by atoms with E-state index in [1.54, 1.807) is 18.2 Å². The highest BCUT2D eigenvalue weighted by Gasteiger charge is 2.27. The lowest BCUT2D eigenvalue weighted by Crippen LogP contribution is -2.15. The van der Waals surface area contributed by atoms with Crippen LogP contribution in [0, 0.1) is 5.92 Å². The number of halogens is 3. The molecular weight excluding hydrogens is 489 g/mol. The van der Waals surface area contributed by atoms with Crippen molar-refractivity contribution in [3.05, 3.63) is 66.4 Å². The maximum Gasteiger partial charge on any atom is 0.390 e. The van der Waals surface area contributed by atoms with Crippen molar-refractivity contribution < 1.29 is 23.1 Å². The van der Waals surface area contributed by atoms with Crippen LogP contribution < -0.4 is 5.32 Å². The van der Waals surface area contributed by atoms with Crippen LogP contribution in [0.3, 0.4) is 0 Å². The van der Waals surface area contributed by atoms with Crippen LogP contribution >= 0.6 is 11.8 Å². The molecule has 0 spiro atoms.